The van der Waals surface area contributed by atoms with Gasteiger partial charge in [0.05, 0.1) is 12.1 Å². The zero-order valence-electron chi connectivity index (χ0n) is 10.0. The molecule has 1 N–H and O–H groups in total. The van der Waals surface area contributed by atoms with E-state index in [1.165, 1.54) is 26.2 Å². The summed E-state index contributed by atoms with van der Waals surface area (Å²) in [5.41, 5.74) is 0.784. The van der Waals surface area contributed by atoms with E-state index in [0.29, 0.717) is 5.56 Å². The maximum atomic E-state index is 13.7. The molecule has 100 valence electrons. The topological polar surface area (TPSA) is 72.6 Å². The highest BCUT2D eigenvalue weighted by molar-refractivity contribution is 6.31. The number of benzene rings is 1. The molecule has 19 heavy (non-hydrogen) atoms. The standard InChI is InChI=1S/C12H9ClFNO4/c1-5-10(14)7(13)3-6(11(5)18-2)8-4-9(12(16)17)19-15-8/h3-4H,1-2H3,(H,16,17). The maximum Gasteiger partial charge on any atom is 0.374 e. The molecule has 0 radical (unpaired) electrons. The van der Waals surface area contributed by atoms with E-state index in [9.17, 15) is 9.18 Å². The summed E-state index contributed by atoms with van der Waals surface area (Å²) in [5, 5.41) is 12.3. The van der Waals surface area contributed by atoms with Crippen LogP contribution < -0.4 is 4.74 Å². The van der Waals surface area contributed by atoms with E-state index in [4.69, 9.17) is 21.4 Å². The molecule has 0 saturated heterocycles. The smallest absolute Gasteiger partial charge is 0.374 e. The number of hydrogen-bond acceptors (Lipinski definition) is 4. The van der Waals surface area contributed by atoms with Crippen LogP contribution >= 0.6 is 11.6 Å². The first kappa shape index (κ1) is 13.4. The normalized spacial score (nSPS) is 10.5. The molecule has 0 saturated carbocycles. The van der Waals surface area contributed by atoms with Crippen molar-refractivity contribution in [2.45, 2.75) is 6.92 Å². The quantitative estimate of drug-likeness (QED) is 0.938. The van der Waals surface area contributed by atoms with E-state index < -0.39 is 11.8 Å². The second-order valence-electron chi connectivity index (χ2n) is 3.76. The average Bonchev–Trinajstić information content (AvgIpc) is 2.85. The summed E-state index contributed by atoms with van der Waals surface area (Å²) in [5.74, 6) is -1.94. The summed E-state index contributed by atoms with van der Waals surface area (Å²) in [6.07, 6.45) is 0. The van der Waals surface area contributed by atoms with Gasteiger partial charge in [0, 0.05) is 17.2 Å². The number of halogens is 2. The Morgan fingerprint density at radius 1 is 1.53 bits per heavy atom. The Bertz CT molecular complexity index is 653. The lowest BCUT2D eigenvalue weighted by Gasteiger charge is -2.11. The van der Waals surface area contributed by atoms with Crippen LogP contribution in [0.1, 0.15) is 16.1 Å². The van der Waals surface area contributed by atoms with Gasteiger partial charge in [0.15, 0.2) is 0 Å². The Labute approximate surface area is 112 Å². The van der Waals surface area contributed by atoms with E-state index in [2.05, 4.69) is 9.68 Å². The third-order valence-corrected chi connectivity index (χ3v) is 2.87. The molecule has 0 fully saturated rings. The van der Waals surface area contributed by atoms with Crippen molar-refractivity contribution in [3.8, 4) is 17.0 Å². The van der Waals surface area contributed by atoms with Gasteiger partial charge in [-0.15, -0.1) is 0 Å². The maximum absolute atomic E-state index is 13.7. The van der Waals surface area contributed by atoms with Crippen LogP contribution in [0.5, 0.6) is 5.75 Å². The Balaban J connectivity index is 2.63. The number of nitrogens with zero attached hydrogens (tertiary/aromatic N) is 1. The Morgan fingerprint density at radius 3 is 2.74 bits per heavy atom. The SMILES string of the molecule is COc1c(-c2cc(C(=O)O)on2)cc(Cl)c(F)c1C. The Morgan fingerprint density at radius 2 is 2.21 bits per heavy atom. The molecule has 2 aromatic rings. The van der Waals surface area contributed by atoms with E-state index >= 15 is 0 Å². The fourth-order valence-electron chi connectivity index (χ4n) is 1.69. The van der Waals surface area contributed by atoms with Crippen LogP contribution in [0.4, 0.5) is 4.39 Å². The van der Waals surface area contributed by atoms with Crippen LogP contribution in [0.15, 0.2) is 16.7 Å². The van der Waals surface area contributed by atoms with E-state index in [0.717, 1.165) is 0 Å². The molecule has 0 bridgehead atoms. The van der Waals surface area contributed by atoms with Crippen molar-refractivity contribution in [1.82, 2.24) is 5.16 Å². The molecule has 0 amide bonds. The second kappa shape index (κ2) is 4.89. The highest BCUT2D eigenvalue weighted by atomic mass is 35.5. The van der Waals surface area contributed by atoms with Crippen molar-refractivity contribution in [3.05, 3.63) is 34.3 Å². The van der Waals surface area contributed by atoms with Gasteiger partial charge in [0.1, 0.15) is 17.3 Å². The van der Waals surface area contributed by atoms with Gasteiger partial charge >= 0.3 is 5.97 Å². The van der Waals surface area contributed by atoms with Gasteiger partial charge in [-0.05, 0) is 13.0 Å². The molecule has 1 heterocycles. The third-order valence-electron chi connectivity index (χ3n) is 2.60. The van der Waals surface area contributed by atoms with Crippen molar-refractivity contribution in [2.24, 2.45) is 0 Å². The van der Waals surface area contributed by atoms with E-state index in [1.54, 1.807) is 0 Å². The lowest BCUT2D eigenvalue weighted by atomic mass is 10.1. The monoisotopic (exact) mass is 285 g/mol. The van der Waals surface area contributed by atoms with Gasteiger partial charge in [0.25, 0.3) is 0 Å². The summed E-state index contributed by atoms with van der Waals surface area (Å²) >= 11 is 5.76. The number of hydrogen-bond donors (Lipinski definition) is 1. The number of carboxylic acid groups (broad SMARTS) is 1. The van der Waals surface area contributed by atoms with Crippen LogP contribution in [-0.4, -0.2) is 23.3 Å². The summed E-state index contributed by atoms with van der Waals surface area (Å²) in [4.78, 5) is 10.7. The molecule has 0 spiro atoms. The number of aromatic nitrogens is 1. The molecule has 1 aromatic heterocycles. The minimum atomic E-state index is -1.25. The van der Waals surface area contributed by atoms with Gasteiger partial charge in [-0.2, -0.15) is 0 Å². The van der Waals surface area contributed by atoms with Crippen molar-refractivity contribution < 1.29 is 23.6 Å². The fourth-order valence-corrected chi connectivity index (χ4v) is 1.94. The van der Waals surface area contributed by atoms with Crippen molar-refractivity contribution in [3.63, 3.8) is 0 Å². The molecule has 0 aliphatic rings. The first-order chi connectivity index (χ1) is 8.95. The Hall–Kier alpha value is -2.08. The summed E-state index contributed by atoms with van der Waals surface area (Å²) in [6, 6.07) is 2.53. The lowest BCUT2D eigenvalue weighted by Crippen LogP contribution is -1.96. The van der Waals surface area contributed by atoms with Gasteiger partial charge in [-0.3, -0.25) is 0 Å². The summed E-state index contributed by atoms with van der Waals surface area (Å²) in [7, 11) is 1.37. The number of carboxylic acids is 1. The van der Waals surface area contributed by atoms with Crippen LogP contribution in [-0.2, 0) is 0 Å². The molecular formula is C12H9ClFNO4. The molecule has 0 aliphatic carbocycles. The number of methoxy groups -OCH3 is 1. The number of ether oxygens (including phenoxy) is 1. The second-order valence-corrected chi connectivity index (χ2v) is 4.17. The largest absolute Gasteiger partial charge is 0.496 e. The van der Waals surface area contributed by atoms with Gasteiger partial charge in [0.2, 0.25) is 5.76 Å². The summed E-state index contributed by atoms with van der Waals surface area (Å²) in [6.45, 7) is 1.50. The molecule has 2 rings (SSSR count). The zero-order valence-corrected chi connectivity index (χ0v) is 10.8. The van der Waals surface area contributed by atoms with Gasteiger partial charge in [-0.1, -0.05) is 16.8 Å². The number of rotatable bonds is 3. The predicted molar refractivity (Wildman–Crippen MR) is 65.2 cm³/mol. The number of carbonyl (C=O) groups is 1. The minimum Gasteiger partial charge on any atom is -0.496 e. The van der Waals surface area contributed by atoms with E-state index in [-0.39, 0.29) is 27.8 Å². The van der Waals surface area contributed by atoms with Crippen LogP contribution in [0.25, 0.3) is 11.3 Å². The van der Waals surface area contributed by atoms with Crippen LogP contribution in [0.2, 0.25) is 5.02 Å². The van der Waals surface area contributed by atoms with Crippen LogP contribution in [0.3, 0.4) is 0 Å². The van der Waals surface area contributed by atoms with Crippen molar-refractivity contribution in [2.75, 3.05) is 7.11 Å². The molecule has 0 unspecified atom stereocenters. The lowest BCUT2D eigenvalue weighted by molar-refractivity contribution is 0.0652. The van der Waals surface area contributed by atoms with E-state index in [1.807, 2.05) is 0 Å². The first-order valence-corrected chi connectivity index (χ1v) is 5.56. The van der Waals surface area contributed by atoms with Crippen molar-refractivity contribution >= 4 is 17.6 Å². The third kappa shape index (κ3) is 2.26. The summed E-state index contributed by atoms with van der Waals surface area (Å²) < 4.78 is 23.4. The van der Waals surface area contributed by atoms with Gasteiger partial charge < -0.3 is 14.4 Å². The number of aromatic carboxylic acids is 1. The predicted octanol–water partition coefficient (Wildman–Crippen LogP) is 3.15. The van der Waals surface area contributed by atoms with Gasteiger partial charge in [-0.25, -0.2) is 9.18 Å². The fraction of sp³-hybridized carbons (Fsp3) is 0.167. The molecule has 7 heteroatoms. The highest BCUT2D eigenvalue weighted by Gasteiger charge is 2.20. The molecule has 0 aliphatic heterocycles. The molecule has 0 atom stereocenters. The minimum absolute atomic E-state index is 0.104. The first-order valence-electron chi connectivity index (χ1n) is 5.18. The molecular weight excluding hydrogens is 277 g/mol. The molecule has 5 nitrogen and oxygen atoms in total. The van der Waals surface area contributed by atoms with Crippen molar-refractivity contribution in [1.29, 1.82) is 0 Å². The Kier molecular flexibility index (Phi) is 3.44. The highest BCUT2D eigenvalue weighted by Crippen LogP contribution is 2.37. The van der Waals surface area contributed by atoms with Crippen LogP contribution in [0, 0.1) is 12.7 Å². The molecule has 1 aromatic carbocycles. The average molecular weight is 286 g/mol. The zero-order chi connectivity index (χ0) is 14.2.